The van der Waals surface area contributed by atoms with Crippen molar-refractivity contribution in [3.8, 4) is 11.5 Å². The van der Waals surface area contributed by atoms with E-state index in [1.807, 2.05) is 6.92 Å². The van der Waals surface area contributed by atoms with Crippen LogP contribution in [-0.4, -0.2) is 32.6 Å². The lowest BCUT2D eigenvalue weighted by molar-refractivity contribution is -0.136. The number of benzene rings is 1. The van der Waals surface area contributed by atoms with Crippen LogP contribution in [0.2, 0.25) is 0 Å². The molecular weight excluding hydrogens is 430 g/mol. The van der Waals surface area contributed by atoms with Crippen molar-refractivity contribution in [1.29, 1.82) is 0 Å². The van der Waals surface area contributed by atoms with Gasteiger partial charge in [-0.3, -0.25) is 4.79 Å². The minimum Gasteiger partial charge on any atom is -0.493 e. The van der Waals surface area contributed by atoms with Crippen molar-refractivity contribution in [2.45, 2.75) is 32.1 Å². The molecule has 2 N–H and O–H groups in total. The molecule has 1 heterocycles. The van der Waals surface area contributed by atoms with E-state index in [9.17, 15) is 9.59 Å². The van der Waals surface area contributed by atoms with Crippen molar-refractivity contribution in [1.82, 2.24) is 0 Å². The third-order valence-electron chi connectivity index (χ3n) is 4.78. The predicted octanol–water partition coefficient (Wildman–Crippen LogP) is 3.32. The van der Waals surface area contributed by atoms with Crippen molar-refractivity contribution < 1.29 is 28.5 Å². The lowest BCUT2D eigenvalue weighted by Gasteiger charge is -2.33. The van der Waals surface area contributed by atoms with E-state index in [1.165, 1.54) is 7.11 Å². The summed E-state index contributed by atoms with van der Waals surface area (Å²) in [5.41, 5.74) is 7.27. The molecule has 1 aromatic carbocycles. The van der Waals surface area contributed by atoms with Gasteiger partial charge >= 0.3 is 5.97 Å². The van der Waals surface area contributed by atoms with Crippen LogP contribution in [0.1, 0.15) is 37.7 Å². The largest absolute Gasteiger partial charge is 0.493 e. The Bertz CT molecular complexity index is 889. The Hall–Kier alpha value is -2.48. The van der Waals surface area contributed by atoms with Gasteiger partial charge in [0, 0.05) is 22.9 Å². The SMILES string of the molecule is CCOc1cc([C@@H]2C(C(=O)OC)=C(N)OC3=C2C(=O)CCC3)c(Br)cc1OC. The van der Waals surface area contributed by atoms with Crippen LogP contribution in [0.25, 0.3) is 0 Å². The van der Waals surface area contributed by atoms with E-state index in [0.29, 0.717) is 58.7 Å². The van der Waals surface area contributed by atoms with E-state index < -0.39 is 11.9 Å². The molecule has 1 aromatic rings. The van der Waals surface area contributed by atoms with Crippen LogP contribution in [-0.2, 0) is 19.1 Å². The summed E-state index contributed by atoms with van der Waals surface area (Å²) >= 11 is 3.54. The van der Waals surface area contributed by atoms with Crippen molar-refractivity contribution in [3.05, 3.63) is 45.0 Å². The smallest absolute Gasteiger partial charge is 0.340 e. The normalized spacial score (nSPS) is 19.1. The fourth-order valence-electron chi connectivity index (χ4n) is 3.58. The maximum Gasteiger partial charge on any atom is 0.340 e. The first-order valence-corrected chi connectivity index (χ1v) is 9.74. The number of ether oxygens (including phenoxy) is 4. The van der Waals surface area contributed by atoms with Gasteiger partial charge in [-0.2, -0.15) is 0 Å². The first-order valence-electron chi connectivity index (χ1n) is 8.95. The molecule has 28 heavy (non-hydrogen) atoms. The zero-order chi connectivity index (χ0) is 20.4. The number of rotatable bonds is 5. The standard InChI is InChI=1S/C20H22BrNO6/c1-4-27-15-8-10(11(21)9-14(15)25-2)16-17-12(23)6-5-7-13(17)28-19(22)18(16)20(24)26-3/h8-9,16H,4-7,22H2,1-3H3/t16-/m0/s1. The molecule has 0 fully saturated rings. The Morgan fingerprint density at radius 1 is 1.29 bits per heavy atom. The van der Waals surface area contributed by atoms with Crippen LogP contribution in [0, 0.1) is 0 Å². The highest BCUT2D eigenvalue weighted by molar-refractivity contribution is 9.10. The number of nitrogens with two attached hydrogens (primary N) is 1. The first-order chi connectivity index (χ1) is 13.4. The number of hydrogen-bond donors (Lipinski definition) is 1. The summed E-state index contributed by atoms with van der Waals surface area (Å²) in [4.78, 5) is 25.3. The van der Waals surface area contributed by atoms with Gasteiger partial charge in [0.25, 0.3) is 0 Å². The third kappa shape index (κ3) is 3.48. The molecule has 0 saturated carbocycles. The minimum absolute atomic E-state index is 0.0500. The molecule has 0 aromatic heterocycles. The van der Waals surface area contributed by atoms with Crippen LogP contribution in [0.5, 0.6) is 11.5 Å². The Morgan fingerprint density at radius 3 is 2.68 bits per heavy atom. The predicted molar refractivity (Wildman–Crippen MR) is 105 cm³/mol. The maximum atomic E-state index is 12.8. The molecule has 7 nitrogen and oxygen atoms in total. The van der Waals surface area contributed by atoms with Crippen molar-refractivity contribution in [2.24, 2.45) is 5.73 Å². The molecule has 0 spiro atoms. The third-order valence-corrected chi connectivity index (χ3v) is 5.47. The summed E-state index contributed by atoms with van der Waals surface area (Å²) in [7, 11) is 2.81. The van der Waals surface area contributed by atoms with E-state index in [4.69, 9.17) is 24.7 Å². The zero-order valence-corrected chi connectivity index (χ0v) is 17.6. The van der Waals surface area contributed by atoms with Crippen molar-refractivity contribution in [3.63, 3.8) is 0 Å². The number of carbonyl (C=O) groups is 2. The van der Waals surface area contributed by atoms with E-state index in [2.05, 4.69) is 15.9 Å². The van der Waals surface area contributed by atoms with Crippen molar-refractivity contribution in [2.75, 3.05) is 20.8 Å². The number of esters is 1. The van der Waals surface area contributed by atoms with E-state index >= 15 is 0 Å². The Balaban J connectivity index is 2.25. The topological polar surface area (TPSA) is 97.1 Å². The van der Waals surface area contributed by atoms with Gasteiger partial charge in [0.15, 0.2) is 17.3 Å². The fourth-order valence-corrected chi connectivity index (χ4v) is 4.13. The second-order valence-electron chi connectivity index (χ2n) is 6.38. The Kier molecular flexibility index (Phi) is 5.98. The summed E-state index contributed by atoms with van der Waals surface area (Å²) in [6.07, 6.45) is 1.65. The quantitative estimate of drug-likeness (QED) is 0.685. The minimum atomic E-state index is -0.719. The van der Waals surface area contributed by atoms with Crippen LogP contribution in [0.3, 0.4) is 0 Å². The second-order valence-corrected chi connectivity index (χ2v) is 7.23. The van der Waals surface area contributed by atoms with Crippen LogP contribution >= 0.6 is 15.9 Å². The van der Waals surface area contributed by atoms with Gasteiger partial charge in [0.05, 0.1) is 26.7 Å². The molecule has 8 heteroatoms. The lowest BCUT2D eigenvalue weighted by Crippen LogP contribution is -2.31. The number of halogens is 1. The monoisotopic (exact) mass is 451 g/mol. The summed E-state index contributed by atoms with van der Waals surface area (Å²) in [6.45, 7) is 2.29. The molecule has 0 bridgehead atoms. The molecule has 1 aliphatic heterocycles. The van der Waals surface area contributed by atoms with Crippen molar-refractivity contribution >= 4 is 27.7 Å². The highest BCUT2D eigenvalue weighted by Crippen LogP contribution is 2.48. The van der Waals surface area contributed by atoms with Crippen LogP contribution in [0.15, 0.2) is 39.4 Å². The summed E-state index contributed by atoms with van der Waals surface area (Å²) in [6, 6.07) is 3.50. The fraction of sp³-hybridized carbons (Fsp3) is 0.400. The molecule has 0 radical (unpaired) electrons. The number of methoxy groups -OCH3 is 2. The molecule has 0 amide bonds. The molecule has 0 unspecified atom stereocenters. The molecule has 150 valence electrons. The Morgan fingerprint density at radius 2 is 2.04 bits per heavy atom. The number of Topliss-reactive ketones (excluding diaryl/α,β-unsaturated/α-hetero) is 1. The van der Waals surface area contributed by atoms with Crippen LogP contribution in [0.4, 0.5) is 0 Å². The Labute approximate surface area is 171 Å². The number of allylic oxidation sites excluding steroid dienone is 2. The highest BCUT2D eigenvalue weighted by atomic mass is 79.9. The average Bonchev–Trinajstić information content (AvgIpc) is 2.67. The molecule has 3 rings (SSSR count). The van der Waals surface area contributed by atoms with Gasteiger partial charge in [-0.25, -0.2) is 4.79 Å². The van der Waals surface area contributed by atoms with Crippen LogP contribution < -0.4 is 15.2 Å². The van der Waals surface area contributed by atoms with Gasteiger partial charge in [0.1, 0.15) is 11.3 Å². The molecule has 0 saturated heterocycles. The van der Waals surface area contributed by atoms with Gasteiger partial charge in [0.2, 0.25) is 5.88 Å². The average molecular weight is 452 g/mol. The summed E-state index contributed by atoms with van der Waals surface area (Å²) < 4.78 is 22.3. The molecule has 1 aliphatic carbocycles. The van der Waals surface area contributed by atoms with E-state index in [-0.39, 0.29) is 17.2 Å². The lowest BCUT2D eigenvalue weighted by atomic mass is 9.77. The van der Waals surface area contributed by atoms with E-state index in [1.54, 1.807) is 19.2 Å². The molecule has 1 atom stereocenters. The maximum absolute atomic E-state index is 12.8. The molecular formula is C20H22BrNO6. The summed E-state index contributed by atoms with van der Waals surface area (Å²) in [5.74, 6) is 0.0589. The van der Waals surface area contributed by atoms with Gasteiger partial charge in [-0.15, -0.1) is 0 Å². The van der Waals surface area contributed by atoms with E-state index in [0.717, 1.165) is 0 Å². The highest BCUT2D eigenvalue weighted by Gasteiger charge is 2.42. The number of carbonyl (C=O) groups excluding carboxylic acids is 2. The van der Waals surface area contributed by atoms with Gasteiger partial charge in [-0.1, -0.05) is 15.9 Å². The zero-order valence-electron chi connectivity index (χ0n) is 16.0. The van der Waals surface area contributed by atoms with Gasteiger partial charge in [-0.05, 0) is 31.0 Å². The number of ketones is 1. The summed E-state index contributed by atoms with van der Waals surface area (Å²) in [5, 5.41) is 0. The van der Waals surface area contributed by atoms with Gasteiger partial charge < -0.3 is 24.7 Å². The molecule has 2 aliphatic rings. The second kappa shape index (κ2) is 8.26. The first kappa shape index (κ1) is 20.3. The number of hydrogen-bond acceptors (Lipinski definition) is 7.